The molecule has 0 aliphatic carbocycles. The molecule has 2 aromatic rings. The Hall–Kier alpha value is -3.22. The molecule has 0 radical (unpaired) electrons. The minimum atomic E-state index is -2.42. The number of ether oxygens (including phenoxy) is 2. The van der Waals surface area contributed by atoms with Crippen LogP contribution in [0, 0.1) is 0 Å². The fourth-order valence-electron chi connectivity index (χ4n) is 6.97. The number of hydrogen-bond acceptors (Lipinski definition) is 8. The lowest BCUT2D eigenvalue weighted by Crippen LogP contribution is -2.76. The van der Waals surface area contributed by atoms with Gasteiger partial charge in [-0.15, -0.1) is 0 Å². The summed E-state index contributed by atoms with van der Waals surface area (Å²) in [7, 11) is 1.57. The number of methoxy groups -OCH3 is 1. The van der Waals surface area contributed by atoms with E-state index in [2.05, 4.69) is 0 Å². The molecule has 1 aromatic carbocycles. The van der Waals surface area contributed by atoms with Gasteiger partial charge in [0.25, 0.3) is 11.6 Å². The highest BCUT2D eigenvalue weighted by Crippen LogP contribution is 2.56. The molecule has 6 atom stereocenters. The Labute approximate surface area is 251 Å². The molecular weight excluding hydrogens is 554 g/mol. The van der Waals surface area contributed by atoms with E-state index in [9.17, 15) is 19.8 Å². The van der Waals surface area contributed by atoms with Crippen LogP contribution in [-0.2, 0) is 24.1 Å². The minimum Gasteiger partial charge on any atom is -0.497 e. The van der Waals surface area contributed by atoms with Crippen LogP contribution in [0.4, 0.5) is 0 Å². The number of carbonyl (C=O) groups is 2. The first kappa shape index (κ1) is 29.8. The van der Waals surface area contributed by atoms with Crippen LogP contribution >= 0.6 is 0 Å². The molecular formula is C32H41N3O8. The molecule has 0 spiro atoms. The van der Waals surface area contributed by atoms with E-state index < -0.39 is 53.7 Å². The standard InChI is InChI=1S/C32H41N3O8/c1-17(2)12-14-41-28-24-20-11-10-19(40-7)16-22(20)34-23(15-18(3)4)42-43-31(5,6)27(36)26(25(24)34)35-29(37)21-9-8-13-33(21)30(38)32(28,35)39/h10-12,15-16,21,23,26-28,36,39H,8-9,13-14H2,1-7H3. The number of benzene rings is 1. The lowest BCUT2D eigenvalue weighted by Gasteiger charge is -2.57. The van der Waals surface area contributed by atoms with Gasteiger partial charge in [-0.25, -0.2) is 9.78 Å². The fraction of sp³-hybridized carbons (Fsp3) is 0.562. The molecule has 43 heavy (non-hydrogen) atoms. The molecule has 232 valence electrons. The van der Waals surface area contributed by atoms with E-state index in [0.717, 1.165) is 11.1 Å². The van der Waals surface area contributed by atoms with Crippen LogP contribution in [0.3, 0.4) is 0 Å². The zero-order chi connectivity index (χ0) is 31.0. The van der Waals surface area contributed by atoms with Gasteiger partial charge in [0.05, 0.1) is 24.9 Å². The molecule has 2 fully saturated rings. The number of hydrogen-bond donors (Lipinski definition) is 2. The summed E-state index contributed by atoms with van der Waals surface area (Å²) in [5.41, 5.74) is -0.167. The van der Waals surface area contributed by atoms with Crippen molar-refractivity contribution in [2.24, 2.45) is 0 Å². The highest BCUT2D eigenvalue weighted by atomic mass is 17.2. The number of carbonyl (C=O) groups excluding carboxylic acids is 2. The van der Waals surface area contributed by atoms with Crippen LogP contribution in [0.5, 0.6) is 5.75 Å². The summed E-state index contributed by atoms with van der Waals surface area (Å²) in [4.78, 5) is 43.4. The smallest absolute Gasteiger partial charge is 0.279 e. The molecule has 4 aliphatic heterocycles. The molecule has 4 aliphatic rings. The lowest BCUT2D eigenvalue weighted by molar-refractivity contribution is -0.406. The zero-order valence-electron chi connectivity index (χ0n) is 25.8. The average molecular weight is 596 g/mol. The molecule has 6 rings (SSSR count). The van der Waals surface area contributed by atoms with Gasteiger partial charge < -0.3 is 29.2 Å². The minimum absolute atomic E-state index is 0.0893. The van der Waals surface area contributed by atoms with Crippen molar-refractivity contribution in [2.45, 2.75) is 96.2 Å². The van der Waals surface area contributed by atoms with E-state index in [4.69, 9.17) is 19.2 Å². The summed E-state index contributed by atoms with van der Waals surface area (Å²) >= 11 is 0. The molecule has 6 unspecified atom stereocenters. The quantitative estimate of drug-likeness (QED) is 0.395. The van der Waals surface area contributed by atoms with E-state index in [1.54, 1.807) is 27.0 Å². The summed E-state index contributed by atoms with van der Waals surface area (Å²) in [5, 5.41) is 25.5. The van der Waals surface area contributed by atoms with Crippen molar-refractivity contribution in [3.8, 4) is 5.75 Å². The number of aromatic nitrogens is 1. The van der Waals surface area contributed by atoms with Crippen LogP contribution in [0.25, 0.3) is 10.9 Å². The van der Waals surface area contributed by atoms with Gasteiger partial charge in [0.1, 0.15) is 35.6 Å². The monoisotopic (exact) mass is 595 g/mol. The number of piperazine rings is 1. The van der Waals surface area contributed by atoms with Crippen molar-refractivity contribution >= 4 is 22.7 Å². The number of aliphatic hydroxyl groups excluding tert-OH is 1. The normalized spacial score (nSPS) is 31.1. The Morgan fingerprint density at radius 3 is 2.58 bits per heavy atom. The number of aliphatic hydroxyl groups is 2. The molecule has 11 nitrogen and oxygen atoms in total. The number of allylic oxidation sites excluding steroid dienone is 2. The Morgan fingerprint density at radius 2 is 1.91 bits per heavy atom. The molecule has 2 amide bonds. The van der Waals surface area contributed by atoms with E-state index in [-0.39, 0.29) is 6.61 Å². The van der Waals surface area contributed by atoms with Crippen LogP contribution in [-0.4, -0.2) is 80.1 Å². The molecule has 1 aromatic heterocycles. The summed E-state index contributed by atoms with van der Waals surface area (Å²) in [6.45, 7) is 11.5. The second-order valence-corrected chi connectivity index (χ2v) is 12.9. The molecule has 0 saturated carbocycles. The summed E-state index contributed by atoms with van der Waals surface area (Å²) in [6, 6.07) is 3.56. The predicted octanol–water partition coefficient (Wildman–Crippen LogP) is 3.82. The highest BCUT2D eigenvalue weighted by Gasteiger charge is 2.69. The van der Waals surface area contributed by atoms with Crippen LogP contribution < -0.4 is 4.74 Å². The van der Waals surface area contributed by atoms with E-state index in [1.165, 1.54) is 9.80 Å². The second kappa shape index (κ2) is 10.4. The van der Waals surface area contributed by atoms with Crippen molar-refractivity contribution < 1.29 is 39.1 Å². The molecule has 11 heteroatoms. The first-order valence-electron chi connectivity index (χ1n) is 14.8. The molecule has 0 bridgehead atoms. The Bertz CT molecular complexity index is 1530. The summed E-state index contributed by atoms with van der Waals surface area (Å²) < 4.78 is 13.9. The van der Waals surface area contributed by atoms with Gasteiger partial charge in [-0.05, 0) is 72.6 Å². The van der Waals surface area contributed by atoms with Crippen molar-refractivity contribution in [3.05, 3.63) is 52.8 Å². The van der Waals surface area contributed by atoms with Gasteiger partial charge in [-0.3, -0.25) is 14.5 Å². The van der Waals surface area contributed by atoms with E-state index >= 15 is 0 Å². The van der Waals surface area contributed by atoms with Crippen LogP contribution in [0.1, 0.15) is 84.0 Å². The first-order valence-corrected chi connectivity index (χ1v) is 14.8. The maximum absolute atomic E-state index is 14.4. The number of rotatable bonds is 5. The third-order valence-electron chi connectivity index (χ3n) is 9.05. The molecule has 5 heterocycles. The largest absolute Gasteiger partial charge is 0.497 e. The van der Waals surface area contributed by atoms with Crippen molar-refractivity contribution in [1.82, 2.24) is 14.4 Å². The summed E-state index contributed by atoms with van der Waals surface area (Å²) in [5.74, 6) is -0.473. The van der Waals surface area contributed by atoms with Crippen LogP contribution in [0.2, 0.25) is 0 Å². The Morgan fingerprint density at radius 1 is 1.16 bits per heavy atom. The van der Waals surface area contributed by atoms with E-state index in [0.29, 0.717) is 47.3 Å². The van der Waals surface area contributed by atoms with Gasteiger partial charge in [-0.1, -0.05) is 17.2 Å². The topological polar surface area (TPSA) is 123 Å². The van der Waals surface area contributed by atoms with Gasteiger partial charge >= 0.3 is 0 Å². The van der Waals surface area contributed by atoms with Gasteiger partial charge in [0.15, 0.2) is 6.23 Å². The van der Waals surface area contributed by atoms with Gasteiger partial charge in [0, 0.05) is 23.6 Å². The Balaban J connectivity index is 1.75. The third kappa shape index (κ3) is 4.35. The van der Waals surface area contributed by atoms with Crippen molar-refractivity contribution in [2.75, 3.05) is 20.3 Å². The average Bonchev–Trinajstić information content (AvgIpc) is 3.57. The van der Waals surface area contributed by atoms with Gasteiger partial charge in [0.2, 0.25) is 5.91 Å². The second-order valence-electron chi connectivity index (χ2n) is 12.9. The molecule has 2 saturated heterocycles. The van der Waals surface area contributed by atoms with Crippen molar-refractivity contribution in [3.63, 3.8) is 0 Å². The zero-order valence-corrected chi connectivity index (χ0v) is 25.8. The maximum Gasteiger partial charge on any atom is 0.279 e. The maximum atomic E-state index is 14.4. The predicted molar refractivity (Wildman–Crippen MR) is 157 cm³/mol. The number of fused-ring (bicyclic) bond motifs is 6. The van der Waals surface area contributed by atoms with Gasteiger partial charge in [-0.2, -0.15) is 0 Å². The SMILES string of the molecule is COc1ccc2c3c4n(c2c1)C(C=C(C)C)OOC(C)(C)C(O)C4N1C(=O)C2CCCN2C(=O)C1(O)C3OCC=C(C)C. The van der Waals surface area contributed by atoms with Crippen molar-refractivity contribution in [1.29, 1.82) is 0 Å². The fourth-order valence-corrected chi connectivity index (χ4v) is 6.97. The third-order valence-corrected chi connectivity index (χ3v) is 9.05. The number of amides is 2. The van der Waals surface area contributed by atoms with E-state index in [1.807, 2.05) is 56.5 Å². The summed E-state index contributed by atoms with van der Waals surface area (Å²) in [6.07, 6.45) is 1.35. The Kier molecular flexibility index (Phi) is 7.25. The van der Waals surface area contributed by atoms with Crippen LogP contribution in [0.15, 0.2) is 41.5 Å². The first-order chi connectivity index (χ1) is 20.3. The highest BCUT2D eigenvalue weighted by molar-refractivity contribution is 6.02. The number of nitrogens with zero attached hydrogens (tertiary/aromatic N) is 3. The lowest BCUT2D eigenvalue weighted by atomic mass is 9.78. The molecule has 2 N–H and O–H groups in total.